The molecule has 3 saturated heterocycles. The number of piperidine rings is 1. The van der Waals surface area contributed by atoms with Crippen LogP contribution in [0, 0.1) is 11.7 Å². The SMILES string of the molecule is O=C(Nc1ccc2c(c1)nc(CN1CCC(c3cccc(OCc4ccc(Cl)cc4F)n3)CC1)n2C[C@@H]1CCO1)C1CCCOC1. The smallest absolute Gasteiger partial charge is 0.229 e. The molecule has 3 aliphatic rings. The summed E-state index contributed by atoms with van der Waals surface area (Å²) in [6, 6.07) is 16.4. The third-order valence-corrected chi connectivity index (χ3v) is 9.55. The van der Waals surface area contributed by atoms with Crippen LogP contribution in [0.2, 0.25) is 5.02 Å². The number of likely N-dealkylation sites (tertiary alicyclic amines) is 1. The highest BCUT2D eigenvalue weighted by molar-refractivity contribution is 6.30. The molecule has 0 radical (unpaired) electrons. The fourth-order valence-electron chi connectivity index (χ4n) is 6.52. The molecule has 3 aliphatic heterocycles. The third kappa shape index (κ3) is 7.20. The number of hydrogen-bond acceptors (Lipinski definition) is 7. The molecule has 2 atom stereocenters. The first kappa shape index (κ1) is 31.1. The molecule has 3 fully saturated rings. The van der Waals surface area contributed by atoms with Crippen molar-refractivity contribution in [2.45, 2.75) is 63.8 Å². The minimum atomic E-state index is -0.387. The van der Waals surface area contributed by atoms with E-state index >= 15 is 0 Å². The summed E-state index contributed by atoms with van der Waals surface area (Å²) in [5.74, 6) is 1.32. The Kier molecular flexibility index (Phi) is 9.48. The number of benzene rings is 2. The number of imidazole rings is 1. The number of aromatic nitrogens is 3. The van der Waals surface area contributed by atoms with Crippen LogP contribution in [-0.4, -0.2) is 64.4 Å². The van der Waals surface area contributed by atoms with Crippen molar-refractivity contribution in [2.24, 2.45) is 5.92 Å². The molecule has 46 heavy (non-hydrogen) atoms. The predicted molar refractivity (Wildman–Crippen MR) is 173 cm³/mol. The number of fused-ring (bicyclic) bond motifs is 1. The van der Waals surface area contributed by atoms with Gasteiger partial charge in [-0.25, -0.2) is 14.4 Å². The van der Waals surface area contributed by atoms with Gasteiger partial charge in [0, 0.05) is 47.2 Å². The Labute approximate surface area is 273 Å². The van der Waals surface area contributed by atoms with Crippen LogP contribution in [-0.2, 0) is 34.0 Å². The van der Waals surface area contributed by atoms with Crippen molar-refractivity contribution >= 4 is 34.2 Å². The monoisotopic (exact) mass is 647 g/mol. The molecular formula is C35H39ClFN5O4. The number of carbonyl (C=O) groups excluding carboxylic acids is 1. The van der Waals surface area contributed by atoms with Crippen molar-refractivity contribution < 1.29 is 23.4 Å². The van der Waals surface area contributed by atoms with Crippen LogP contribution in [0.1, 0.15) is 55.1 Å². The topological polar surface area (TPSA) is 90.7 Å². The normalized spacial score (nSPS) is 20.8. The quantitative estimate of drug-likeness (QED) is 0.215. The summed E-state index contributed by atoms with van der Waals surface area (Å²) < 4.78 is 33.6. The van der Waals surface area contributed by atoms with E-state index in [4.69, 9.17) is 35.8 Å². The molecule has 5 heterocycles. The van der Waals surface area contributed by atoms with Crippen molar-refractivity contribution in [3.8, 4) is 5.88 Å². The highest BCUT2D eigenvalue weighted by Gasteiger charge is 2.27. The van der Waals surface area contributed by atoms with Gasteiger partial charge in [-0.05, 0) is 81.6 Å². The standard InChI is InChI=1S/C35H39ClFN5O4/c36-26-7-6-24(29(37)17-26)22-46-34-5-1-4-30(40-34)23-10-13-41(14-11-23)20-33-39-31-18-27(38-35(43)25-3-2-15-44-21-25)8-9-32(31)42(33)19-28-12-16-45-28/h1,4-9,17-18,23,25,28H,2-3,10-16,19-22H2,(H,38,43)/t25?,28-/m0/s1. The highest BCUT2D eigenvalue weighted by Crippen LogP contribution is 2.30. The molecule has 9 nitrogen and oxygen atoms in total. The summed E-state index contributed by atoms with van der Waals surface area (Å²) in [6.07, 6.45) is 4.95. The summed E-state index contributed by atoms with van der Waals surface area (Å²) in [5, 5.41) is 3.44. The lowest BCUT2D eigenvalue weighted by atomic mass is 9.93. The van der Waals surface area contributed by atoms with Crippen molar-refractivity contribution in [3.05, 3.63) is 82.5 Å². The van der Waals surface area contributed by atoms with Gasteiger partial charge in [-0.15, -0.1) is 0 Å². The first-order valence-electron chi connectivity index (χ1n) is 16.2. The first-order valence-corrected chi connectivity index (χ1v) is 16.6. The Hall–Kier alpha value is -3.57. The number of rotatable bonds is 10. The molecule has 2 aromatic carbocycles. The largest absolute Gasteiger partial charge is 0.473 e. The lowest BCUT2D eigenvalue weighted by molar-refractivity contribution is -0.123. The zero-order valence-electron chi connectivity index (χ0n) is 25.8. The Morgan fingerprint density at radius 2 is 1.91 bits per heavy atom. The average Bonchev–Trinajstić information content (AvgIpc) is 3.38. The Morgan fingerprint density at radius 1 is 1.04 bits per heavy atom. The van der Waals surface area contributed by atoms with E-state index in [0.717, 1.165) is 99.7 Å². The summed E-state index contributed by atoms with van der Waals surface area (Å²) in [7, 11) is 0. The van der Waals surface area contributed by atoms with Gasteiger partial charge in [0.2, 0.25) is 11.8 Å². The van der Waals surface area contributed by atoms with Gasteiger partial charge in [0.15, 0.2) is 0 Å². The van der Waals surface area contributed by atoms with Gasteiger partial charge in [-0.2, -0.15) is 0 Å². The van der Waals surface area contributed by atoms with Crippen molar-refractivity contribution in [3.63, 3.8) is 0 Å². The van der Waals surface area contributed by atoms with E-state index in [0.29, 0.717) is 29.0 Å². The second-order valence-electron chi connectivity index (χ2n) is 12.5. The fourth-order valence-corrected chi connectivity index (χ4v) is 6.68. The highest BCUT2D eigenvalue weighted by atomic mass is 35.5. The molecule has 242 valence electrons. The maximum Gasteiger partial charge on any atom is 0.229 e. The van der Waals surface area contributed by atoms with Gasteiger partial charge in [0.1, 0.15) is 18.2 Å². The van der Waals surface area contributed by atoms with E-state index in [9.17, 15) is 9.18 Å². The predicted octanol–water partition coefficient (Wildman–Crippen LogP) is 6.34. The maximum absolute atomic E-state index is 14.2. The van der Waals surface area contributed by atoms with Crippen LogP contribution >= 0.6 is 11.6 Å². The Bertz CT molecular complexity index is 1680. The number of pyridine rings is 1. The maximum atomic E-state index is 14.2. The molecule has 0 spiro atoms. The number of ether oxygens (including phenoxy) is 3. The van der Waals surface area contributed by atoms with Gasteiger partial charge in [0.05, 0.1) is 42.8 Å². The minimum Gasteiger partial charge on any atom is -0.473 e. The summed E-state index contributed by atoms with van der Waals surface area (Å²) in [5.41, 5.74) is 4.13. The fraction of sp³-hybridized carbons (Fsp3) is 0.457. The number of nitrogens with one attached hydrogen (secondary N) is 1. The molecule has 0 bridgehead atoms. The van der Waals surface area contributed by atoms with Crippen LogP contribution in [0.25, 0.3) is 11.0 Å². The van der Waals surface area contributed by atoms with Gasteiger partial charge < -0.3 is 24.1 Å². The first-order chi connectivity index (χ1) is 22.5. The minimum absolute atomic E-state index is 0.00601. The number of halogens is 2. The zero-order valence-corrected chi connectivity index (χ0v) is 26.6. The van der Waals surface area contributed by atoms with Gasteiger partial charge in [-0.3, -0.25) is 9.69 Å². The van der Waals surface area contributed by atoms with Crippen molar-refractivity contribution in [1.29, 1.82) is 0 Å². The van der Waals surface area contributed by atoms with Crippen LogP contribution in [0.3, 0.4) is 0 Å². The van der Waals surface area contributed by atoms with Crippen LogP contribution < -0.4 is 10.1 Å². The molecule has 0 aliphatic carbocycles. The molecule has 2 aromatic heterocycles. The van der Waals surface area contributed by atoms with Crippen LogP contribution in [0.5, 0.6) is 5.88 Å². The van der Waals surface area contributed by atoms with E-state index in [1.165, 1.54) is 6.07 Å². The number of amides is 1. The molecule has 1 unspecified atom stereocenters. The second-order valence-corrected chi connectivity index (χ2v) is 12.9. The number of nitrogens with zero attached hydrogens (tertiary/aromatic N) is 4. The molecular weight excluding hydrogens is 609 g/mol. The average molecular weight is 648 g/mol. The van der Waals surface area contributed by atoms with Crippen LogP contribution in [0.4, 0.5) is 10.1 Å². The number of carbonyl (C=O) groups is 1. The van der Waals surface area contributed by atoms with Crippen molar-refractivity contribution in [1.82, 2.24) is 19.4 Å². The van der Waals surface area contributed by atoms with E-state index in [1.807, 2.05) is 30.3 Å². The second kappa shape index (κ2) is 14.0. The molecule has 0 saturated carbocycles. The number of anilines is 1. The van der Waals surface area contributed by atoms with Gasteiger partial charge in [-0.1, -0.05) is 23.7 Å². The van der Waals surface area contributed by atoms with E-state index < -0.39 is 0 Å². The van der Waals surface area contributed by atoms with Crippen molar-refractivity contribution in [2.75, 3.05) is 38.2 Å². The van der Waals surface area contributed by atoms with E-state index in [-0.39, 0.29) is 30.4 Å². The molecule has 1 N–H and O–H groups in total. The lowest BCUT2D eigenvalue weighted by Crippen LogP contribution is -2.35. The summed E-state index contributed by atoms with van der Waals surface area (Å²) in [4.78, 5) is 25.1. The third-order valence-electron chi connectivity index (χ3n) is 9.31. The van der Waals surface area contributed by atoms with Gasteiger partial charge >= 0.3 is 0 Å². The van der Waals surface area contributed by atoms with Crippen LogP contribution in [0.15, 0.2) is 54.6 Å². The molecule has 4 aromatic rings. The molecule has 7 rings (SSSR count). The van der Waals surface area contributed by atoms with E-state index in [2.05, 4.69) is 20.9 Å². The van der Waals surface area contributed by atoms with Gasteiger partial charge in [0.25, 0.3) is 0 Å². The Morgan fingerprint density at radius 3 is 2.67 bits per heavy atom. The summed E-state index contributed by atoms with van der Waals surface area (Å²) >= 11 is 5.87. The molecule has 11 heteroatoms. The number of hydrogen-bond donors (Lipinski definition) is 1. The van der Waals surface area contributed by atoms with E-state index in [1.54, 1.807) is 12.1 Å². The lowest BCUT2D eigenvalue weighted by Gasteiger charge is -2.32. The Balaban J connectivity index is 0.996. The summed E-state index contributed by atoms with van der Waals surface area (Å²) in [6.45, 7) is 5.44. The zero-order chi connectivity index (χ0) is 31.5. The molecule has 1 amide bonds.